The normalized spacial score (nSPS) is 13.7. The molecule has 0 radical (unpaired) electrons. The highest BCUT2D eigenvalue weighted by molar-refractivity contribution is 5.87. The first-order valence-electron chi connectivity index (χ1n) is 19.1. The molecule has 0 bridgehead atoms. The van der Waals surface area contributed by atoms with Crippen LogP contribution < -0.4 is 0 Å². The molecule has 0 aliphatic carbocycles. The number of unbranched alkanes of at least 4 members (excludes halogenated alkanes) is 1. The van der Waals surface area contributed by atoms with E-state index in [4.69, 9.17) is 15.2 Å². The van der Waals surface area contributed by atoms with Gasteiger partial charge in [0, 0.05) is 18.5 Å². The van der Waals surface area contributed by atoms with Crippen molar-refractivity contribution in [2.24, 2.45) is 20.7 Å². The Morgan fingerprint density at radius 2 is 1.20 bits per heavy atom. The maximum Gasteiger partial charge on any atom is 0.354 e. The maximum atomic E-state index is 12.8. The molecule has 0 unspecified atom stereocenters. The first-order chi connectivity index (χ1) is 26.8. The van der Waals surface area contributed by atoms with Crippen molar-refractivity contribution in [3.8, 4) is 11.1 Å². The van der Waals surface area contributed by atoms with Gasteiger partial charge < -0.3 is 14.8 Å². The summed E-state index contributed by atoms with van der Waals surface area (Å²) in [7, 11) is 0. The van der Waals surface area contributed by atoms with Crippen molar-refractivity contribution in [1.82, 2.24) is 9.55 Å². The monoisotopic (exact) mass is 730 g/mol. The van der Waals surface area contributed by atoms with E-state index in [1.54, 1.807) is 4.57 Å². The van der Waals surface area contributed by atoms with Crippen molar-refractivity contribution in [2.75, 3.05) is 0 Å². The molecule has 0 saturated heterocycles. The molecule has 6 aromatic rings. The topological polar surface area (TPSA) is 125 Å². The number of rotatable bonds is 15. The fourth-order valence-corrected chi connectivity index (χ4v) is 8.15. The van der Waals surface area contributed by atoms with Crippen molar-refractivity contribution in [3.05, 3.63) is 185 Å². The molecule has 2 N–H and O–H groups in total. The lowest BCUT2D eigenvalue weighted by atomic mass is 9.59. The molecule has 5 aromatic carbocycles. The van der Waals surface area contributed by atoms with E-state index in [-0.39, 0.29) is 11.4 Å². The number of carboxylic acid groups (broad SMARTS) is 1. The second kappa shape index (κ2) is 15.7. The molecule has 0 spiro atoms. The Balaban J connectivity index is 1.38. The lowest BCUT2D eigenvalue weighted by molar-refractivity contribution is 0.0218. The van der Waals surface area contributed by atoms with Crippen molar-refractivity contribution in [3.63, 3.8) is 0 Å². The van der Waals surface area contributed by atoms with Gasteiger partial charge in [0.25, 0.3) is 0 Å². The number of imidazole rings is 1. The number of aromatic carboxylic acids is 1. The van der Waals surface area contributed by atoms with Gasteiger partial charge in [-0.05, 0) is 63.1 Å². The summed E-state index contributed by atoms with van der Waals surface area (Å²) in [5.41, 5.74) is 3.20. The first-order valence-corrected chi connectivity index (χ1v) is 19.1. The smallest absolute Gasteiger partial charge is 0.354 e. The molecule has 1 aromatic heterocycles. The molecule has 7 rings (SSSR count). The maximum absolute atomic E-state index is 12.8. The van der Waals surface area contributed by atoms with Gasteiger partial charge >= 0.3 is 5.97 Å². The standard InChI is InChI=1S/C46H46N6O3/c1-4-7-27-40-47-42(44(55,5-2)6-3)41(43(53)54)52(40)32-33-28-30-34(31-29-33)38-25-17-18-26-39(38)46(48-50-51-49-46)45(35-19-11-8-12-20-35,36-21-13-9-14-22-36)37-23-15-10-16-24-37/h8-26,28-31,55H,4-7,27,32H2,1-3H3,(H,53,54). The van der Waals surface area contributed by atoms with Crippen LogP contribution >= 0.6 is 0 Å². The summed E-state index contributed by atoms with van der Waals surface area (Å²) in [6, 6.07) is 47.2. The molecule has 2 heterocycles. The zero-order valence-corrected chi connectivity index (χ0v) is 31.5. The second-order valence-electron chi connectivity index (χ2n) is 14.1. The van der Waals surface area contributed by atoms with Crippen LogP contribution in [0.1, 0.15) is 96.3 Å². The van der Waals surface area contributed by atoms with Crippen LogP contribution in [-0.2, 0) is 29.6 Å². The van der Waals surface area contributed by atoms with E-state index in [9.17, 15) is 15.0 Å². The van der Waals surface area contributed by atoms with Crippen LogP contribution in [0.5, 0.6) is 0 Å². The molecule has 1 aliphatic heterocycles. The van der Waals surface area contributed by atoms with Crippen LogP contribution in [-0.4, -0.2) is 25.7 Å². The van der Waals surface area contributed by atoms with E-state index < -0.39 is 22.6 Å². The third kappa shape index (κ3) is 6.48. The molecule has 0 atom stereocenters. The van der Waals surface area contributed by atoms with Crippen molar-refractivity contribution < 1.29 is 15.0 Å². The van der Waals surface area contributed by atoms with Crippen molar-refractivity contribution >= 4 is 5.97 Å². The van der Waals surface area contributed by atoms with E-state index in [0.717, 1.165) is 51.8 Å². The Labute approximate surface area is 322 Å². The molecule has 9 heteroatoms. The minimum atomic E-state index is -1.33. The lowest BCUT2D eigenvalue weighted by Gasteiger charge is -2.45. The number of aliphatic hydroxyl groups is 1. The quantitative estimate of drug-likeness (QED) is 0.102. The summed E-state index contributed by atoms with van der Waals surface area (Å²) in [6.07, 6.45) is 3.13. The molecule has 55 heavy (non-hydrogen) atoms. The number of carboxylic acids is 1. The first kappa shape index (κ1) is 37.3. The zero-order valence-electron chi connectivity index (χ0n) is 31.5. The summed E-state index contributed by atoms with van der Waals surface area (Å²) in [6.45, 7) is 6.11. The van der Waals surface area contributed by atoms with Gasteiger partial charge in [-0.25, -0.2) is 9.78 Å². The van der Waals surface area contributed by atoms with Gasteiger partial charge in [-0.2, -0.15) is 0 Å². The van der Waals surface area contributed by atoms with Crippen LogP contribution in [0.2, 0.25) is 0 Å². The van der Waals surface area contributed by atoms with Gasteiger partial charge in [0.05, 0.1) is 5.41 Å². The summed E-state index contributed by atoms with van der Waals surface area (Å²) in [5, 5.41) is 40.4. The predicted molar refractivity (Wildman–Crippen MR) is 214 cm³/mol. The molecule has 0 fully saturated rings. The van der Waals surface area contributed by atoms with Crippen molar-refractivity contribution in [2.45, 2.75) is 76.1 Å². The van der Waals surface area contributed by atoms with Crippen LogP contribution in [0, 0.1) is 0 Å². The summed E-state index contributed by atoms with van der Waals surface area (Å²) in [5.74, 6) is -0.429. The number of hydrogen-bond donors (Lipinski definition) is 2. The van der Waals surface area contributed by atoms with E-state index in [0.29, 0.717) is 31.6 Å². The van der Waals surface area contributed by atoms with Gasteiger partial charge in [-0.3, -0.25) is 0 Å². The average molecular weight is 731 g/mol. The summed E-state index contributed by atoms with van der Waals surface area (Å²) >= 11 is 0. The van der Waals surface area contributed by atoms with Crippen molar-refractivity contribution in [1.29, 1.82) is 0 Å². The van der Waals surface area contributed by atoms with E-state index >= 15 is 0 Å². The van der Waals surface area contributed by atoms with Gasteiger partial charge in [0.1, 0.15) is 17.1 Å². The molecular formula is C46H46N6O3. The third-order valence-electron chi connectivity index (χ3n) is 11.1. The summed E-state index contributed by atoms with van der Waals surface area (Å²) < 4.78 is 1.77. The second-order valence-corrected chi connectivity index (χ2v) is 14.1. The fraction of sp³-hybridized carbons (Fsp3) is 0.261. The zero-order chi connectivity index (χ0) is 38.5. The highest BCUT2D eigenvalue weighted by Crippen LogP contribution is 2.58. The molecule has 278 valence electrons. The SMILES string of the molecule is CCCCc1nc(C(O)(CC)CC)c(C(=O)O)n1Cc1ccc(-c2ccccc2C2(C(c3ccccc3)(c3ccccc3)c3ccccc3)N=NN=N2)cc1. The van der Waals surface area contributed by atoms with Crippen LogP contribution in [0.4, 0.5) is 0 Å². The number of aromatic nitrogens is 2. The average Bonchev–Trinajstić information content (AvgIpc) is 3.88. The molecular weight excluding hydrogens is 685 g/mol. The Kier molecular flexibility index (Phi) is 10.7. The fourth-order valence-electron chi connectivity index (χ4n) is 8.15. The Bertz CT molecular complexity index is 2190. The minimum Gasteiger partial charge on any atom is -0.477 e. The van der Waals surface area contributed by atoms with Gasteiger partial charge in [-0.1, -0.05) is 167 Å². The Morgan fingerprint density at radius 1 is 0.691 bits per heavy atom. The highest BCUT2D eigenvalue weighted by Gasteiger charge is 2.60. The molecule has 9 nitrogen and oxygen atoms in total. The largest absolute Gasteiger partial charge is 0.477 e. The number of aryl methyl sites for hydroxylation is 1. The number of nitrogens with zero attached hydrogens (tertiary/aromatic N) is 6. The minimum absolute atomic E-state index is 0.0460. The summed E-state index contributed by atoms with van der Waals surface area (Å²) in [4.78, 5) is 17.6. The van der Waals surface area contributed by atoms with Crippen LogP contribution in [0.25, 0.3) is 11.1 Å². The molecule has 0 amide bonds. The van der Waals surface area contributed by atoms with E-state index in [1.807, 2.05) is 92.7 Å². The lowest BCUT2D eigenvalue weighted by Crippen LogP contribution is -2.48. The third-order valence-corrected chi connectivity index (χ3v) is 11.1. The number of hydrogen-bond acceptors (Lipinski definition) is 7. The highest BCUT2D eigenvalue weighted by atomic mass is 16.4. The molecule has 1 aliphatic rings. The van der Waals surface area contributed by atoms with E-state index in [2.05, 4.69) is 78.0 Å². The van der Waals surface area contributed by atoms with E-state index in [1.165, 1.54) is 0 Å². The van der Waals surface area contributed by atoms with Gasteiger partial charge in [0.15, 0.2) is 5.69 Å². The predicted octanol–water partition coefficient (Wildman–Crippen LogP) is 10.7. The van der Waals surface area contributed by atoms with Gasteiger partial charge in [0.2, 0.25) is 5.66 Å². The van der Waals surface area contributed by atoms with Crippen LogP contribution in [0.3, 0.4) is 0 Å². The Morgan fingerprint density at radius 3 is 1.69 bits per heavy atom. The van der Waals surface area contributed by atoms with Gasteiger partial charge in [-0.15, -0.1) is 10.2 Å². The van der Waals surface area contributed by atoms with Crippen LogP contribution in [0.15, 0.2) is 160 Å². The Hall–Kier alpha value is -6.06. The number of benzene rings is 5. The molecule has 0 saturated carbocycles. The number of carbonyl (C=O) groups is 1.